The van der Waals surface area contributed by atoms with E-state index in [4.69, 9.17) is 47.6 Å². The standard InChI is InChI=1S/C18H14ClN3O.C18H14FN3O.C17H12ClN3O.C17H13N3O.C16H9ClFN3O.C16H10FN3O/c1-2-3-7-17(23)22-14-6-4-5-12(8-14)13-9-15-16(19)11-21-18(15)20-10-13;1-2-3-4-17(23)22-16-10-12(5-6-15(16)19)14-9-13-7-8-20-18(13)21-11-14;1-2-4-16(22)21-13-6-3-5-11(7-13)12-8-14-15(18)10-20-17(14)19-9-12;1-2-4-16(21)20-15-6-3-5-12(10-15)14-9-13-7-8-18-17(13)19-11-14;1-2-15(22)21-14-6-9(3-4-13(14)18)10-5-11-12(17)8-20-16(11)19-7-10;1-2-15(21)20-14-8-10(3-4-13(14)17)12-7-11-5-6-18-16(11)19-9-12/h4-6,8-11H,2H2,1H3,(H,20,21)(H,22,23);5-11H,2H2,1H3,(H,20,21)(H,22,23);3,5-10H,1H3,(H,19,20)(H,21,22);3,5-11H,1H3,(H,18,19)(H,20,21);1,3-8H,(H,19,20)(H,21,22);1,3-9H,(H,18,19)(H,20,21). The number of hydrogen-bond acceptors (Lipinski definition) is 12. The number of terminal acetylenes is 2. The summed E-state index contributed by atoms with van der Waals surface area (Å²) < 4.78 is 41.3. The van der Waals surface area contributed by atoms with Gasteiger partial charge in [0.05, 0.1) is 32.1 Å². The molecule has 0 fully saturated rings. The summed E-state index contributed by atoms with van der Waals surface area (Å²) in [5.41, 5.74) is 17.2. The minimum atomic E-state index is -0.710. The molecule has 12 heterocycles. The van der Waals surface area contributed by atoms with Gasteiger partial charge in [0.15, 0.2) is 0 Å². The molecule has 0 aliphatic carbocycles. The lowest BCUT2D eigenvalue weighted by Gasteiger charge is -2.07. The van der Waals surface area contributed by atoms with Crippen LogP contribution < -0.4 is 31.9 Å². The smallest absolute Gasteiger partial charge is 0.300 e. The fraction of sp³-hybridized carbons (Fsp3) is 0.0588. The van der Waals surface area contributed by atoms with E-state index in [0.717, 1.165) is 127 Å². The maximum atomic E-state index is 13.9. The number of carbonyl (C=O) groups is 6. The lowest BCUT2D eigenvalue weighted by Crippen LogP contribution is -2.10. The number of nitrogens with one attached hydrogen (secondary N) is 12. The molecule has 0 bridgehead atoms. The summed E-state index contributed by atoms with van der Waals surface area (Å²) in [6, 6.07) is 53.5. The summed E-state index contributed by atoms with van der Waals surface area (Å²) >= 11 is 18.3. The predicted molar refractivity (Wildman–Crippen MR) is 517 cm³/mol. The van der Waals surface area contributed by atoms with E-state index in [1.807, 2.05) is 166 Å². The first-order valence-corrected chi connectivity index (χ1v) is 41.2. The number of hydrogen-bond donors (Lipinski definition) is 12. The molecule has 132 heavy (non-hydrogen) atoms. The van der Waals surface area contributed by atoms with Gasteiger partial charge in [-0.2, -0.15) is 0 Å². The van der Waals surface area contributed by atoms with Gasteiger partial charge < -0.3 is 61.8 Å². The highest BCUT2D eigenvalue weighted by Crippen LogP contribution is 2.35. The summed E-state index contributed by atoms with van der Waals surface area (Å²) in [5.74, 6) is 19.7. The number of aromatic nitrogens is 12. The van der Waals surface area contributed by atoms with Crippen LogP contribution >= 0.6 is 34.8 Å². The number of aromatic amines is 6. The van der Waals surface area contributed by atoms with Crippen molar-refractivity contribution in [3.63, 3.8) is 0 Å². The van der Waals surface area contributed by atoms with Gasteiger partial charge in [-0.1, -0.05) is 127 Å². The molecule has 12 N–H and O–H groups in total. The largest absolute Gasteiger partial charge is 0.346 e. The number of anilines is 6. The fourth-order valence-corrected chi connectivity index (χ4v) is 13.5. The fourth-order valence-electron chi connectivity index (χ4n) is 12.9. The van der Waals surface area contributed by atoms with E-state index in [2.05, 4.69) is 145 Å². The van der Waals surface area contributed by atoms with Gasteiger partial charge in [0.2, 0.25) is 0 Å². The van der Waals surface area contributed by atoms with Crippen LogP contribution in [0.25, 0.3) is 133 Å². The maximum Gasteiger partial charge on any atom is 0.300 e. The van der Waals surface area contributed by atoms with Crippen LogP contribution in [-0.2, 0) is 28.8 Å². The van der Waals surface area contributed by atoms with Crippen molar-refractivity contribution in [2.24, 2.45) is 0 Å². The van der Waals surface area contributed by atoms with Crippen LogP contribution in [0.3, 0.4) is 0 Å². The van der Waals surface area contributed by atoms with E-state index in [1.54, 1.807) is 93.9 Å². The van der Waals surface area contributed by atoms with Crippen molar-refractivity contribution in [2.45, 2.75) is 40.5 Å². The third-order valence-electron chi connectivity index (χ3n) is 19.1. The summed E-state index contributed by atoms with van der Waals surface area (Å²) in [5, 5.41) is 22.6. The number of rotatable bonds is 12. The van der Waals surface area contributed by atoms with Crippen LogP contribution in [-0.4, -0.2) is 95.3 Å². The first kappa shape index (κ1) is 92.0. The van der Waals surface area contributed by atoms with Crippen molar-refractivity contribution in [2.75, 3.05) is 31.9 Å². The zero-order valence-corrected chi connectivity index (χ0v) is 72.5. The van der Waals surface area contributed by atoms with Gasteiger partial charge in [-0.25, -0.2) is 43.1 Å². The van der Waals surface area contributed by atoms with Crippen LogP contribution in [0.2, 0.25) is 15.1 Å². The number of nitrogens with zero attached hydrogens (tertiary/aromatic N) is 6. The van der Waals surface area contributed by atoms with Crippen LogP contribution in [0.1, 0.15) is 40.5 Å². The first-order valence-electron chi connectivity index (χ1n) is 40.0. The van der Waals surface area contributed by atoms with Crippen molar-refractivity contribution in [3.8, 4) is 139 Å². The van der Waals surface area contributed by atoms with Gasteiger partial charge in [-0.15, -0.1) is 12.8 Å². The second-order valence-electron chi connectivity index (χ2n) is 28.1. The molecule has 6 aromatic carbocycles. The number of pyridine rings is 6. The molecule has 0 radical (unpaired) electrons. The lowest BCUT2D eigenvalue weighted by atomic mass is 10.1. The number of H-pyrrole nitrogens is 6. The highest BCUT2D eigenvalue weighted by molar-refractivity contribution is 6.36. The van der Waals surface area contributed by atoms with Crippen LogP contribution in [0.15, 0.2) is 256 Å². The van der Waals surface area contributed by atoms with E-state index >= 15 is 0 Å². The second-order valence-corrected chi connectivity index (χ2v) is 29.3. The monoisotopic (exact) mass is 1810 g/mol. The Labute approximate surface area is 767 Å². The first-order chi connectivity index (χ1) is 64.0. The molecule has 18 aromatic rings. The molecule has 0 aliphatic rings. The van der Waals surface area contributed by atoms with Gasteiger partial charge in [-0.3, -0.25) is 28.8 Å². The highest BCUT2D eigenvalue weighted by atomic mass is 35.5. The topological polar surface area (TPSA) is 347 Å². The number of carbonyl (C=O) groups excluding carboxylic acids is 6. The number of amides is 6. The van der Waals surface area contributed by atoms with Gasteiger partial charge in [0.25, 0.3) is 35.4 Å². The average Bonchev–Trinajstić information content (AvgIpc) is 1.65. The van der Waals surface area contributed by atoms with Crippen LogP contribution in [0, 0.1) is 89.5 Å². The molecule has 6 amide bonds. The Bertz CT molecular complexity index is 7820. The highest BCUT2D eigenvalue weighted by Gasteiger charge is 2.17. The van der Waals surface area contributed by atoms with Gasteiger partial charge in [0, 0.05) is 170 Å². The summed E-state index contributed by atoms with van der Waals surface area (Å²) in [7, 11) is 0. The quantitative estimate of drug-likeness (QED) is 0.0508. The SMILES string of the molecule is C#CC(=O)Nc1cc(-c2cnc3[nH]cc(Cl)c3c2)ccc1F.C#CC(=O)Nc1cc(-c2cnc3[nH]ccc3c2)ccc1F.CC#CC(=O)Nc1cccc(-c2cnc3[nH]cc(Cl)c3c2)c1.CC#CC(=O)Nc1cccc(-c2cnc3[nH]ccc3c2)c1.CCC#CC(=O)Nc1cc(-c2cnc3[nH]ccc3c2)ccc1F.CCC#CC(=O)Nc1cccc(-c2cnc3[nH]cc(Cl)c3c2)c1. The number of fused-ring (bicyclic) bond motifs is 6. The molecule has 0 saturated heterocycles. The minimum absolute atomic E-state index is 0.0145. The zero-order chi connectivity index (χ0) is 93.2. The molecule has 0 aliphatic heterocycles. The third kappa shape index (κ3) is 24.1. The normalized spacial score (nSPS) is 10.2. The van der Waals surface area contributed by atoms with Crippen molar-refractivity contribution < 1.29 is 41.9 Å². The Morgan fingerprint density at radius 1 is 0.318 bits per heavy atom. The van der Waals surface area contributed by atoms with E-state index in [-0.39, 0.29) is 34.8 Å². The van der Waals surface area contributed by atoms with E-state index in [1.165, 1.54) is 30.3 Å². The van der Waals surface area contributed by atoms with Crippen molar-refractivity contribution in [1.82, 2.24) is 59.8 Å². The molecular formula is C102H72Cl3F3N18O6. The zero-order valence-electron chi connectivity index (χ0n) is 70.2. The van der Waals surface area contributed by atoms with Crippen LogP contribution in [0.4, 0.5) is 47.3 Å². The molecule has 12 aromatic heterocycles. The van der Waals surface area contributed by atoms with E-state index < -0.39 is 35.2 Å². The van der Waals surface area contributed by atoms with Crippen molar-refractivity contribution in [1.29, 1.82) is 0 Å². The van der Waals surface area contributed by atoms with E-state index in [9.17, 15) is 41.9 Å². The summed E-state index contributed by atoms with van der Waals surface area (Å²) in [6.07, 6.45) is 32.1. The Morgan fingerprint density at radius 3 is 0.886 bits per heavy atom. The minimum Gasteiger partial charge on any atom is -0.346 e. The van der Waals surface area contributed by atoms with Gasteiger partial charge >= 0.3 is 0 Å². The van der Waals surface area contributed by atoms with Gasteiger partial charge in [0.1, 0.15) is 51.3 Å². The summed E-state index contributed by atoms with van der Waals surface area (Å²) in [4.78, 5) is 113. The molecule has 0 atom stereocenters. The Hall–Kier alpha value is -17.7. The molecule has 648 valence electrons. The van der Waals surface area contributed by atoms with Crippen molar-refractivity contribution in [3.05, 3.63) is 289 Å². The predicted octanol–water partition coefficient (Wildman–Crippen LogP) is 21.5. The Kier molecular flexibility index (Phi) is 30.6. The van der Waals surface area contributed by atoms with E-state index in [0.29, 0.717) is 50.5 Å². The molecule has 30 heteroatoms. The average molecular weight is 1810 g/mol. The second kappa shape index (κ2) is 44.0. The Balaban J connectivity index is 0.000000135. The third-order valence-corrected chi connectivity index (χ3v) is 20.1. The van der Waals surface area contributed by atoms with Crippen molar-refractivity contribution >= 4 is 171 Å². The number of halogens is 6. The maximum absolute atomic E-state index is 13.9. The molecule has 0 spiro atoms. The molecule has 0 unspecified atom stereocenters. The lowest BCUT2D eigenvalue weighted by molar-refractivity contribution is -0.112. The molecule has 24 nitrogen and oxygen atoms in total. The molecule has 0 saturated carbocycles. The Morgan fingerprint density at radius 2 is 0.591 bits per heavy atom. The van der Waals surface area contributed by atoms with Crippen LogP contribution in [0.5, 0.6) is 0 Å². The molecular weight excluding hydrogens is 1740 g/mol. The number of benzene rings is 6. The molecule has 18 rings (SSSR count). The van der Waals surface area contributed by atoms with Gasteiger partial charge in [-0.05, 0) is 210 Å². The summed E-state index contributed by atoms with van der Waals surface area (Å²) in [6.45, 7) is 6.99.